The highest BCUT2D eigenvalue weighted by Gasteiger charge is 2.32. The fourth-order valence-corrected chi connectivity index (χ4v) is 3.71. The van der Waals surface area contributed by atoms with Gasteiger partial charge in [0.25, 0.3) is 5.69 Å². The first-order valence-corrected chi connectivity index (χ1v) is 8.52. The molecular weight excluding hydrogens is 318 g/mol. The molecule has 23 heavy (non-hydrogen) atoms. The molecule has 0 aromatic heterocycles. The summed E-state index contributed by atoms with van der Waals surface area (Å²) in [7, 11) is 0. The number of hydrogen-bond donors (Lipinski definition) is 1. The predicted octanol–water partition coefficient (Wildman–Crippen LogP) is 3.16. The van der Waals surface area contributed by atoms with Gasteiger partial charge in [0.2, 0.25) is 0 Å². The normalized spacial score (nSPS) is 23.1. The molecule has 2 aliphatic rings. The molecule has 2 fully saturated rings. The van der Waals surface area contributed by atoms with Crippen molar-refractivity contribution in [2.45, 2.75) is 25.3 Å². The molecule has 1 aromatic carbocycles. The van der Waals surface area contributed by atoms with Gasteiger partial charge < -0.3 is 10.1 Å². The van der Waals surface area contributed by atoms with E-state index in [4.69, 9.17) is 16.3 Å². The van der Waals surface area contributed by atoms with E-state index < -0.39 is 4.92 Å². The zero-order valence-corrected chi connectivity index (χ0v) is 13.8. The number of likely N-dealkylation sites (tertiary alicyclic amines) is 1. The molecule has 0 bridgehead atoms. The van der Waals surface area contributed by atoms with Gasteiger partial charge in [-0.1, -0.05) is 11.6 Å². The van der Waals surface area contributed by atoms with Gasteiger partial charge in [-0.05, 0) is 44.5 Å². The second-order valence-corrected chi connectivity index (χ2v) is 6.67. The lowest BCUT2D eigenvalue weighted by atomic mass is 9.97. The zero-order valence-electron chi connectivity index (χ0n) is 13.0. The van der Waals surface area contributed by atoms with E-state index in [1.165, 1.54) is 18.9 Å². The van der Waals surface area contributed by atoms with Gasteiger partial charge in [0.05, 0.1) is 11.5 Å². The van der Waals surface area contributed by atoms with Crippen molar-refractivity contribution in [1.82, 2.24) is 4.90 Å². The zero-order chi connectivity index (χ0) is 16.2. The van der Waals surface area contributed by atoms with Crippen molar-refractivity contribution < 1.29 is 9.66 Å². The topological polar surface area (TPSA) is 67.6 Å². The molecule has 2 aliphatic heterocycles. The third kappa shape index (κ3) is 3.94. The first kappa shape index (κ1) is 16.5. The number of nitrogens with zero attached hydrogens (tertiary/aromatic N) is 2. The summed E-state index contributed by atoms with van der Waals surface area (Å²) in [5.74, 6) is 0.493. The highest BCUT2D eigenvalue weighted by molar-refractivity contribution is 6.30. The maximum absolute atomic E-state index is 11.2. The summed E-state index contributed by atoms with van der Waals surface area (Å²) in [6.45, 7) is 4.50. The Morgan fingerprint density at radius 1 is 1.43 bits per heavy atom. The summed E-state index contributed by atoms with van der Waals surface area (Å²) >= 11 is 5.87. The maximum atomic E-state index is 11.2. The van der Waals surface area contributed by atoms with Crippen molar-refractivity contribution in [3.63, 3.8) is 0 Å². The summed E-state index contributed by atoms with van der Waals surface area (Å²) in [5, 5.41) is 14.9. The summed E-state index contributed by atoms with van der Waals surface area (Å²) < 4.78 is 5.55. The van der Waals surface area contributed by atoms with Crippen molar-refractivity contribution in [1.29, 1.82) is 0 Å². The summed E-state index contributed by atoms with van der Waals surface area (Å²) in [6.07, 6.45) is 3.52. The van der Waals surface area contributed by atoms with Crippen LogP contribution >= 0.6 is 11.6 Å². The van der Waals surface area contributed by atoms with Gasteiger partial charge in [-0.15, -0.1) is 0 Å². The molecular formula is C16H22ClN3O3. The molecule has 7 heteroatoms. The molecule has 0 amide bonds. The minimum atomic E-state index is -0.391. The Labute approximate surface area is 140 Å². The number of nitrogens with one attached hydrogen (secondary N) is 1. The van der Waals surface area contributed by atoms with E-state index in [0.29, 0.717) is 29.2 Å². The average Bonchev–Trinajstić information content (AvgIpc) is 3.22. The molecule has 126 valence electrons. The van der Waals surface area contributed by atoms with Gasteiger partial charge in [-0.2, -0.15) is 0 Å². The summed E-state index contributed by atoms with van der Waals surface area (Å²) in [6, 6.07) is 5.12. The summed E-state index contributed by atoms with van der Waals surface area (Å²) in [4.78, 5) is 13.3. The van der Waals surface area contributed by atoms with E-state index in [0.717, 1.165) is 32.7 Å². The van der Waals surface area contributed by atoms with Gasteiger partial charge in [0.1, 0.15) is 5.69 Å². The fourth-order valence-electron chi connectivity index (χ4n) is 3.54. The molecule has 2 atom stereocenters. The van der Waals surface area contributed by atoms with Gasteiger partial charge >= 0.3 is 0 Å². The molecule has 2 heterocycles. The lowest BCUT2D eigenvalue weighted by Crippen LogP contribution is -2.44. The van der Waals surface area contributed by atoms with Crippen LogP contribution in [0.3, 0.4) is 0 Å². The molecule has 0 unspecified atom stereocenters. The number of nitro groups is 1. The fraction of sp³-hybridized carbons (Fsp3) is 0.625. The number of hydrogen-bond acceptors (Lipinski definition) is 5. The highest BCUT2D eigenvalue weighted by atomic mass is 35.5. The number of nitro benzene ring substituents is 1. The van der Waals surface area contributed by atoms with Crippen LogP contribution in [0.15, 0.2) is 18.2 Å². The van der Waals surface area contributed by atoms with Crippen LogP contribution in [0.4, 0.5) is 11.4 Å². The Morgan fingerprint density at radius 2 is 2.22 bits per heavy atom. The molecule has 6 nitrogen and oxygen atoms in total. The molecule has 1 aromatic rings. The Kier molecular flexibility index (Phi) is 5.35. The van der Waals surface area contributed by atoms with Gasteiger partial charge in [0, 0.05) is 36.2 Å². The predicted molar refractivity (Wildman–Crippen MR) is 90.1 cm³/mol. The number of anilines is 1. The Balaban J connectivity index is 1.72. The second-order valence-electron chi connectivity index (χ2n) is 6.23. The van der Waals surface area contributed by atoms with E-state index in [-0.39, 0.29) is 5.69 Å². The highest BCUT2D eigenvalue weighted by Crippen LogP contribution is 2.29. The van der Waals surface area contributed by atoms with Crippen molar-refractivity contribution >= 4 is 23.0 Å². The monoisotopic (exact) mass is 339 g/mol. The van der Waals surface area contributed by atoms with Crippen LogP contribution in [-0.4, -0.2) is 48.7 Å². The molecule has 1 N–H and O–H groups in total. The number of halogens is 1. The first-order chi connectivity index (χ1) is 11.1. The van der Waals surface area contributed by atoms with Gasteiger partial charge in [-0.3, -0.25) is 15.0 Å². The Bertz CT molecular complexity index is 542. The molecule has 0 radical (unpaired) electrons. The van der Waals surface area contributed by atoms with Crippen LogP contribution in [0.25, 0.3) is 0 Å². The molecule has 2 saturated heterocycles. The largest absolute Gasteiger partial charge is 0.381 e. The second kappa shape index (κ2) is 7.47. The number of rotatable bonds is 6. The van der Waals surface area contributed by atoms with Crippen molar-refractivity contribution in [3.05, 3.63) is 33.3 Å². The van der Waals surface area contributed by atoms with Crippen LogP contribution in [0.2, 0.25) is 5.02 Å². The van der Waals surface area contributed by atoms with Gasteiger partial charge in [0.15, 0.2) is 0 Å². The average molecular weight is 340 g/mol. The lowest BCUT2D eigenvalue weighted by Gasteiger charge is -2.32. The molecule has 0 spiro atoms. The molecule has 3 rings (SSSR count). The number of benzene rings is 1. The smallest absolute Gasteiger partial charge is 0.293 e. The van der Waals surface area contributed by atoms with E-state index in [1.807, 2.05) is 0 Å². The third-order valence-electron chi connectivity index (χ3n) is 4.78. The minimum Gasteiger partial charge on any atom is -0.381 e. The van der Waals surface area contributed by atoms with Crippen molar-refractivity contribution in [3.8, 4) is 0 Å². The SMILES string of the molecule is O=[N+]([O-])c1cc(Cl)ccc1NC[C@H]([C@H]1CCOC1)N1CCCC1. The maximum Gasteiger partial charge on any atom is 0.293 e. The van der Waals surface area contributed by atoms with Crippen LogP contribution in [0.1, 0.15) is 19.3 Å². The van der Waals surface area contributed by atoms with E-state index in [2.05, 4.69) is 10.2 Å². The van der Waals surface area contributed by atoms with Crippen LogP contribution in [0, 0.1) is 16.0 Å². The van der Waals surface area contributed by atoms with Crippen LogP contribution < -0.4 is 5.32 Å². The Morgan fingerprint density at radius 3 is 2.87 bits per heavy atom. The van der Waals surface area contributed by atoms with E-state index >= 15 is 0 Å². The van der Waals surface area contributed by atoms with E-state index in [9.17, 15) is 10.1 Å². The molecule has 0 aliphatic carbocycles. The standard InChI is InChI=1S/C16H22ClN3O3/c17-13-3-4-14(15(9-13)20(21)22)18-10-16(12-5-8-23-11-12)19-6-1-2-7-19/h3-4,9,12,16,18H,1-2,5-8,10-11H2/t12-,16+/m0/s1. The van der Waals surface area contributed by atoms with Crippen LogP contribution in [0.5, 0.6) is 0 Å². The first-order valence-electron chi connectivity index (χ1n) is 8.15. The van der Waals surface area contributed by atoms with Crippen molar-refractivity contribution in [2.24, 2.45) is 5.92 Å². The Hall–Kier alpha value is -1.37. The van der Waals surface area contributed by atoms with E-state index in [1.54, 1.807) is 12.1 Å². The van der Waals surface area contributed by atoms with Crippen molar-refractivity contribution in [2.75, 3.05) is 38.2 Å². The molecule has 0 saturated carbocycles. The summed E-state index contributed by atoms with van der Waals surface area (Å²) in [5.41, 5.74) is 0.558. The number of ether oxygens (including phenoxy) is 1. The lowest BCUT2D eigenvalue weighted by molar-refractivity contribution is -0.383. The minimum absolute atomic E-state index is 0.0281. The quantitative estimate of drug-likeness (QED) is 0.637. The third-order valence-corrected chi connectivity index (χ3v) is 5.01. The van der Waals surface area contributed by atoms with Gasteiger partial charge in [-0.25, -0.2) is 0 Å². The van der Waals surface area contributed by atoms with Crippen LogP contribution in [-0.2, 0) is 4.74 Å².